The van der Waals surface area contributed by atoms with Crippen molar-refractivity contribution >= 4 is 40.0 Å². The topological polar surface area (TPSA) is 115 Å². The molecule has 2 heterocycles. The number of amides is 2. The van der Waals surface area contributed by atoms with Gasteiger partial charge in [-0.2, -0.15) is 0 Å². The lowest BCUT2D eigenvalue weighted by Crippen LogP contribution is -2.28. The Morgan fingerprint density at radius 1 is 1.13 bits per heavy atom. The van der Waals surface area contributed by atoms with E-state index in [0.717, 1.165) is 11.4 Å². The minimum absolute atomic E-state index is 0.171. The predicted octanol–water partition coefficient (Wildman–Crippen LogP) is 2.93. The van der Waals surface area contributed by atoms with Gasteiger partial charge in [0.05, 0.1) is 11.8 Å². The lowest BCUT2D eigenvalue weighted by atomic mass is 10.2. The first-order valence-electron chi connectivity index (χ1n) is 9.55. The van der Waals surface area contributed by atoms with E-state index >= 15 is 0 Å². The lowest BCUT2D eigenvalue weighted by molar-refractivity contribution is -0.113. The van der Waals surface area contributed by atoms with Crippen molar-refractivity contribution in [2.45, 2.75) is 44.9 Å². The molecule has 0 radical (unpaired) electrons. The first kappa shape index (κ1) is 21.9. The molecule has 0 aliphatic heterocycles. The third kappa shape index (κ3) is 5.42. The van der Waals surface area contributed by atoms with Gasteiger partial charge in [0.15, 0.2) is 11.0 Å². The highest BCUT2D eigenvalue weighted by atomic mass is 32.2. The highest BCUT2D eigenvalue weighted by Gasteiger charge is 2.20. The van der Waals surface area contributed by atoms with Crippen LogP contribution in [-0.4, -0.2) is 42.5 Å². The summed E-state index contributed by atoms with van der Waals surface area (Å²) in [6.45, 7) is 6.43. The third-order valence-corrected chi connectivity index (χ3v) is 6.13. The molecule has 3 rings (SSSR count). The van der Waals surface area contributed by atoms with Crippen LogP contribution in [0.2, 0.25) is 0 Å². The van der Waals surface area contributed by atoms with Gasteiger partial charge < -0.3 is 9.88 Å². The van der Waals surface area contributed by atoms with Gasteiger partial charge >= 0.3 is 0 Å². The van der Waals surface area contributed by atoms with Gasteiger partial charge in [0.1, 0.15) is 5.01 Å². The molecule has 0 saturated heterocycles. The van der Waals surface area contributed by atoms with Crippen LogP contribution in [0.25, 0.3) is 0 Å². The van der Waals surface area contributed by atoms with Crippen molar-refractivity contribution in [2.75, 3.05) is 11.1 Å². The van der Waals surface area contributed by atoms with Crippen LogP contribution in [0.1, 0.15) is 48.0 Å². The minimum atomic E-state index is -0.331. The molecule has 0 spiro atoms. The zero-order valence-electron chi connectivity index (χ0n) is 17.0. The highest BCUT2D eigenvalue weighted by Crippen LogP contribution is 2.22. The summed E-state index contributed by atoms with van der Waals surface area (Å²) in [6.07, 6.45) is 0.781. The third-order valence-electron chi connectivity index (χ3n) is 4.18. The molecule has 0 aliphatic carbocycles. The van der Waals surface area contributed by atoms with Crippen LogP contribution in [0.15, 0.2) is 35.5 Å². The van der Waals surface area contributed by atoms with E-state index in [1.807, 2.05) is 43.5 Å². The molecule has 1 aromatic carbocycles. The summed E-state index contributed by atoms with van der Waals surface area (Å²) in [4.78, 5) is 24.6. The van der Waals surface area contributed by atoms with Crippen molar-refractivity contribution < 1.29 is 9.59 Å². The molecule has 0 bridgehead atoms. The molecule has 30 heavy (non-hydrogen) atoms. The Kier molecular flexibility index (Phi) is 7.52. The largest absolute Gasteiger partial charge is 0.342 e. The minimum Gasteiger partial charge on any atom is -0.342 e. The quantitative estimate of drug-likeness (QED) is 0.487. The van der Waals surface area contributed by atoms with Crippen molar-refractivity contribution in [2.24, 2.45) is 0 Å². The Morgan fingerprint density at radius 3 is 2.57 bits per heavy atom. The summed E-state index contributed by atoms with van der Waals surface area (Å²) in [7, 11) is 0. The highest BCUT2D eigenvalue weighted by molar-refractivity contribution is 7.99. The van der Waals surface area contributed by atoms with Crippen LogP contribution in [0.4, 0.5) is 5.13 Å². The zero-order chi connectivity index (χ0) is 21.5. The molecule has 0 fully saturated rings. The Morgan fingerprint density at radius 2 is 1.90 bits per heavy atom. The second kappa shape index (κ2) is 10.3. The number of nitrogens with one attached hydrogen (secondary N) is 2. The van der Waals surface area contributed by atoms with E-state index in [2.05, 4.69) is 31.0 Å². The van der Waals surface area contributed by atoms with Crippen LogP contribution >= 0.6 is 23.1 Å². The zero-order valence-corrected chi connectivity index (χ0v) is 18.6. The maximum absolute atomic E-state index is 12.4. The summed E-state index contributed by atoms with van der Waals surface area (Å²) in [6, 6.07) is 8.68. The van der Waals surface area contributed by atoms with Crippen molar-refractivity contribution in [1.29, 1.82) is 0 Å². The number of thioether (sulfide) groups is 1. The van der Waals surface area contributed by atoms with E-state index in [1.54, 1.807) is 12.1 Å². The number of rotatable bonds is 9. The second-order valence-corrected chi connectivity index (χ2v) is 8.34. The number of carbonyl (C=O) groups excluding carboxylic acids is 2. The van der Waals surface area contributed by atoms with Gasteiger partial charge in [0, 0.05) is 12.1 Å². The van der Waals surface area contributed by atoms with E-state index in [0.29, 0.717) is 28.2 Å². The lowest BCUT2D eigenvalue weighted by Gasteiger charge is -2.15. The van der Waals surface area contributed by atoms with E-state index in [4.69, 9.17) is 0 Å². The van der Waals surface area contributed by atoms with Gasteiger partial charge in [-0.25, -0.2) is 0 Å². The molecule has 2 amide bonds. The summed E-state index contributed by atoms with van der Waals surface area (Å²) in [5.74, 6) is 0.452. The Hall–Kier alpha value is -2.79. The SMILES string of the molecule is CCc1nnc(NC(=O)CSc2nnc(C(C)NC(=O)c3ccccc3)n2CC)s1. The molecule has 9 nitrogen and oxygen atoms in total. The number of aromatic nitrogens is 5. The average molecular weight is 446 g/mol. The number of anilines is 1. The molecule has 1 unspecified atom stereocenters. The normalized spacial score (nSPS) is 11.8. The van der Waals surface area contributed by atoms with Gasteiger partial charge in [-0.3, -0.25) is 14.9 Å². The van der Waals surface area contributed by atoms with Gasteiger partial charge in [0.25, 0.3) is 5.91 Å². The Bertz CT molecular complexity index is 1000. The molecule has 2 aromatic heterocycles. The fraction of sp³-hybridized carbons (Fsp3) is 0.368. The summed E-state index contributed by atoms with van der Waals surface area (Å²) in [5, 5.41) is 24.1. The second-order valence-electron chi connectivity index (χ2n) is 6.34. The number of benzene rings is 1. The number of nitrogens with zero attached hydrogens (tertiary/aromatic N) is 5. The van der Waals surface area contributed by atoms with Crippen molar-refractivity contribution in [3.63, 3.8) is 0 Å². The first-order chi connectivity index (χ1) is 14.5. The number of carbonyl (C=O) groups is 2. The number of aryl methyl sites for hydroxylation is 1. The van der Waals surface area contributed by atoms with E-state index in [1.165, 1.54) is 23.1 Å². The van der Waals surface area contributed by atoms with Crippen LogP contribution in [-0.2, 0) is 17.8 Å². The van der Waals surface area contributed by atoms with E-state index in [9.17, 15) is 9.59 Å². The number of hydrogen-bond acceptors (Lipinski definition) is 8. The van der Waals surface area contributed by atoms with Gasteiger partial charge in [-0.15, -0.1) is 20.4 Å². The standard InChI is InChI=1S/C19H23N7O2S2/c1-4-15-22-24-18(30-15)21-14(27)11-29-19-25-23-16(26(19)5-2)12(3)20-17(28)13-9-7-6-8-10-13/h6-10,12H,4-5,11H2,1-3H3,(H,20,28)(H,21,24,27). The average Bonchev–Trinajstić information content (AvgIpc) is 3.39. The van der Waals surface area contributed by atoms with Crippen molar-refractivity contribution in [3.05, 3.63) is 46.7 Å². The first-order valence-corrected chi connectivity index (χ1v) is 11.4. The van der Waals surface area contributed by atoms with Crippen LogP contribution < -0.4 is 10.6 Å². The van der Waals surface area contributed by atoms with E-state index < -0.39 is 0 Å². The van der Waals surface area contributed by atoms with Crippen LogP contribution in [0.5, 0.6) is 0 Å². The molecule has 2 N–H and O–H groups in total. The molecule has 158 valence electrons. The smallest absolute Gasteiger partial charge is 0.251 e. The molecule has 0 saturated carbocycles. The molecule has 1 atom stereocenters. The summed E-state index contributed by atoms with van der Waals surface area (Å²) >= 11 is 2.65. The maximum atomic E-state index is 12.4. The molecular weight excluding hydrogens is 422 g/mol. The molecule has 0 aliphatic rings. The van der Waals surface area contributed by atoms with Gasteiger partial charge in [-0.05, 0) is 32.4 Å². The maximum Gasteiger partial charge on any atom is 0.251 e. The molecule has 3 aromatic rings. The fourth-order valence-corrected chi connectivity index (χ4v) is 4.20. The molecule has 11 heteroatoms. The monoisotopic (exact) mass is 445 g/mol. The Balaban J connectivity index is 1.60. The molecular formula is C19H23N7O2S2. The van der Waals surface area contributed by atoms with Crippen LogP contribution in [0, 0.1) is 0 Å². The predicted molar refractivity (Wildman–Crippen MR) is 117 cm³/mol. The summed E-state index contributed by atoms with van der Waals surface area (Å²) < 4.78 is 1.90. The van der Waals surface area contributed by atoms with Gasteiger partial charge in [-0.1, -0.05) is 48.2 Å². The fourth-order valence-electron chi connectivity index (χ4n) is 2.69. The number of hydrogen-bond donors (Lipinski definition) is 2. The summed E-state index contributed by atoms with van der Waals surface area (Å²) in [5.41, 5.74) is 0.584. The van der Waals surface area contributed by atoms with E-state index in [-0.39, 0.29) is 23.6 Å². The van der Waals surface area contributed by atoms with Gasteiger partial charge in [0.2, 0.25) is 11.0 Å². The Labute approximate surface area is 182 Å². The van der Waals surface area contributed by atoms with Crippen molar-refractivity contribution in [3.8, 4) is 0 Å². The van der Waals surface area contributed by atoms with Crippen LogP contribution in [0.3, 0.4) is 0 Å². The van der Waals surface area contributed by atoms with Crippen molar-refractivity contribution in [1.82, 2.24) is 30.3 Å².